The molecule has 0 saturated carbocycles. The molecule has 1 aromatic rings. The minimum atomic E-state index is -0.779. The first-order chi connectivity index (χ1) is 8.88. The average Bonchev–Trinajstić information content (AvgIpc) is 2.34. The monoisotopic (exact) mass is 329 g/mol. The van der Waals surface area contributed by atoms with Gasteiger partial charge in [0.1, 0.15) is 0 Å². The van der Waals surface area contributed by atoms with Crippen molar-refractivity contribution in [2.45, 2.75) is 12.5 Å². The first-order valence-electron chi connectivity index (χ1n) is 5.81. The molecule has 1 N–H and O–H groups in total. The molecule has 104 valence electrons. The van der Waals surface area contributed by atoms with E-state index in [1.165, 1.54) is 7.11 Å². The molecule has 0 bridgehead atoms. The third-order valence-corrected chi connectivity index (χ3v) is 3.71. The third-order valence-electron chi connectivity index (χ3n) is 3.05. The van der Waals surface area contributed by atoms with Crippen LogP contribution in [-0.4, -0.2) is 48.8 Å². The van der Waals surface area contributed by atoms with Crippen molar-refractivity contribution >= 4 is 21.8 Å². The number of ether oxygens (including phenoxy) is 2. The van der Waals surface area contributed by atoms with E-state index in [1.54, 1.807) is 31.1 Å². The summed E-state index contributed by atoms with van der Waals surface area (Å²) in [6.45, 7) is 2.39. The van der Waals surface area contributed by atoms with Crippen LogP contribution in [0.4, 0.5) is 0 Å². The molecule has 19 heavy (non-hydrogen) atoms. The van der Waals surface area contributed by atoms with Crippen LogP contribution in [0.1, 0.15) is 17.3 Å². The van der Waals surface area contributed by atoms with Gasteiger partial charge < -0.3 is 19.5 Å². The average molecular weight is 330 g/mol. The fourth-order valence-corrected chi connectivity index (χ4v) is 2.60. The van der Waals surface area contributed by atoms with Crippen LogP contribution in [0, 0.1) is 0 Å². The molecular formula is C13H16BrNO4. The molecule has 0 unspecified atom stereocenters. The summed E-state index contributed by atoms with van der Waals surface area (Å²) in [5.74, 6) is 0.919. The van der Waals surface area contributed by atoms with Gasteiger partial charge in [0.25, 0.3) is 5.91 Å². The normalized spacial score (nSPS) is 16.8. The van der Waals surface area contributed by atoms with Gasteiger partial charge in [0, 0.05) is 4.47 Å². The van der Waals surface area contributed by atoms with Crippen molar-refractivity contribution in [2.75, 3.05) is 27.3 Å². The molecule has 6 heteroatoms. The molecule has 1 heterocycles. The number of rotatable bonds is 3. The minimum Gasteiger partial charge on any atom is -0.493 e. The Balaban J connectivity index is 2.27. The molecule has 1 fully saturated rings. The topological polar surface area (TPSA) is 59.0 Å². The Kier molecular flexibility index (Phi) is 3.73. The number of likely N-dealkylation sites (tertiary alicyclic amines) is 1. The zero-order chi connectivity index (χ0) is 14.2. The summed E-state index contributed by atoms with van der Waals surface area (Å²) in [6, 6.07) is 3.34. The Morgan fingerprint density at radius 1 is 1.32 bits per heavy atom. The van der Waals surface area contributed by atoms with Gasteiger partial charge in [-0.05, 0) is 35.0 Å². The quantitative estimate of drug-likeness (QED) is 0.916. The van der Waals surface area contributed by atoms with Crippen molar-refractivity contribution in [3.63, 3.8) is 0 Å². The summed E-state index contributed by atoms with van der Waals surface area (Å²) in [5.41, 5.74) is -0.285. The number of hydrogen-bond acceptors (Lipinski definition) is 4. The number of hydrogen-bond donors (Lipinski definition) is 1. The van der Waals surface area contributed by atoms with Gasteiger partial charge in [-0.1, -0.05) is 0 Å². The number of β-amino-alcohol motifs (C(OH)–C–C–N with tert-alkyl or cyclic N) is 1. The van der Waals surface area contributed by atoms with Gasteiger partial charge >= 0.3 is 0 Å². The molecule has 1 saturated heterocycles. The number of aliphatic hydroxyl groups is 1. The summed E-state index contributed by atoms with van der Waals surface area (Å²) in [5, 5.41) is 9.68. The van der Waals surface area contributed by atoms with Gasteiger partial charge in [-0.15, -0.1) is 0 Å². The lowest BCUT2D eigenvalue weighted by Gasteiger charge is -2.44. The van der Waals surface area contributed by atoms with Crippen LogP contribution >= 0.6 is 15.9 Å². The molecule has 1 amide bonds. The highest BCUT2D eigenvalue weighted by atomic mass is 79.9. The fourth-order valence-electron chi connectivity index (χ4n) is 2.11. The van der Waals surface area contributed by atoms with E-state index in [9.17, 15) is 9.90 Å². The lowest BCUT2D eigenvalue weighted by atomic mass is 9.96. The van der Waals surface area contributed by atoms with Crippen LogP contribution in [0.2, 0.25) is 0 Å². The number of methoxy groups -OCH3 is 2. The number of carbonyl (C=O) groups excluding carboxylic acids is 1. The Morgan fingerprint density at radius 3 is 2.32 bits per heavy atom. The summed E-state index contributed by atoms with van der Waals surface area (Å²) in [7, 11) is 3.06. The molecule has 0 atom stereocenters. The second-order valence-electron chi connectivity index (χ2n) is 4.85. The van der Waals surface area contributed by atoms with Gasteiger partial charge in [-0.3, -0.25) is 4.79 Å². The van der Waals surface area contributed by atoms with Crippen molar-refractivity contribution in [1.82, 2.24) is 4.90 Å². The van der Waals surface area contributed by atoms with E-state index >= 15 is 0 Å². The van der Waals surface area contributed by atoms with E-state index < -0.39 is 5.60 Å². The molecule has 5 nitrogen and oxygen atoms in total. The standard InChI is InChI=1S/C13H16BrNO4/c1-13(17)6-15(7-13)12(16)8-4-10(18-2)11(19-3)5-9(8)14/h4-5,17H,6-7H2,1-3H3. The second kappa shape index (κ2) is 5.02. The first kappa shape index (κ1) is 14.1. The number of amides is 1. The van der Waals surface area contributed by atoms with Crippen LogP contribution in [0.25, 0.3) is 0 Å². The van der Waals surface area contributed by atoms with Gasteiger partial charge in [-0.2, -0.15) is 0 Å². The van der Waals surface area contributed by atoms with Crippen LogP contribution in [0.5, 0.6) is 11.5 Å². The summed E-state index contributed by atoms with van der Waals surface area (Å²) >= 11 is 3.36. The van der Waals surface area contributed by atoms with E-state index in [0.29, 0.717) is 34.6 Å². The summed E-state index contributed by atoms with van der Waals surface area (Å²) in [6.07, 6.45) is 0. The molecule has 2 rings (SSSR count). The summed E-state index contributed by atoms with van der Waals surface area (Å²) in [4.78, 5) is 13.9. The van der Waals surface area contributed by atoms with Crippen LogP contribution in [-0.2, 0) is 0 Å². The second-order valence-corrected chi connectivity index (χ2v) is 5.70. The Bertz CT molecular complexity index is 508. The highest BCUT2D eigenvalue weighted by Crippen LogP contribution is 2.35. The number of halogens is 1. The maximum absolute atomic E-state index is 12.3. The van der Waals surface area contributed by atoms with Crippen molar-refractivity contribution in [2.24, 2.45) is 0 Å². The fraction of sp³-hybridized carbons (Fsp3) is 0.462. The maximum atomic E-state index is 12.3. The molecule has 1 aliphatic rings. The van der Waals surface area contributed by atoms with Gasteiger partial charge in [-0.25, -0.2) is 0 Å². The predicted octanol–water partition coefficient (Wildman–Crippen LogP) is 1.67. The molecular weight excluding hydrogens is 314 g/mol. The van der Waals surface area contributed by atoms with Gasteiger partial charge in [0.2, 0.25) is 0 Å². The lowest BCUT2D eigenvalue weighted by Crippen LogP contribution is -2.61. The largest absolute Gasteiger partial charge is 0.493 e. The van der Waals surface area contributed by atoms with Crippen LogP contribution < -0.4 is 9.47 Å². The highest BCUT2D eigenvalue weighted by molar-refractivity contribution is 9.10. The van der Waals surface area contributed by atoms with Gasteiger partial charge in [0.15, 0.2) is 11.5 Å². The van der Waals surface area contributed by atoms with Crippen molar-refractivity contribution in [1.29, 1.82) is 0 Å². The smallest absolute Gasteiger partial charge is 0.255 e. The van der Waals surface area contributed by atoms with Crippen molar-refractivity contribution in [3.05, 3.63) is 22.2 Å². The van der Waals surface area contributed by atoms with Crippen LogP contribution in [0.15, 0.2) is 16.6 Å². The zero-order valence-electron chi connectivity index (χ0n) is 11.1. The van der Waals surface area contributed by atoms with Crippen LogP contribution in [0.3, 0.4) is 0 Å². The Morgan fingerprint density at radius 2 is 1.84 bits per heavy atom. The van der Waals surface area contributed by atoms with E-state index in [4.69, 9.17) is 9.47 Å². The molecule has 0 aromatic heterocycles. The number of nitrogens with zero attached hydrogens (tertiary/aromatic N) is 1. The van der Waals surface area contributed by atoms with E-state index in [1.807, 2.05) is 0 Å². The summed E-state index contributed by atoms with van der Waals surface area (Å²) < 4.78 is 11.0. The van der Waals surface area contributed by atoms with E-state index in [2.05, 4.69) is 15.9 Å². The van der Waals surface area contributed by atoms with E-state index in [0.717, 1.165) is 0 Å². The first-order valence-corrected chi connectivity index (χ1v) is 6.60. The Labute approximate surface area is 120 Å². The number of carbonyl (C=O) groups is 1. The number of benzene rings is 1. The van der Waals surface area contributed by atoms with E-state index in [-0.39, 0.29) is 5.91 Å². The highest BCUT2D eigenvalue weighted by Gasteiger charge is 2.40. The van der Waals surface area contributed by atoms with Crippen molar-refractivity contribution < 1.29 is 19.4 Å². The minimum absolute atomic E-state index is 0.139. The molecule has 0 aliphatic carbocycles. The third kappa shape index (κ3) is 2.69. The zero-order valence-corrected chi connectivity index (χ0v) is 12.7. The van der Waals surface area contributed by atoms with Gasteiger partial charge in [0.05, 0.1) is 38.5 Å². The maximum Gasteiger partial charge on any atom is 0.255 e. The molecule has 1 aromatic carbocycles. The Hall–Kier alpha value is -1.27. The molecule has 0 spiro atoms. The molecule has 0 radical (unpaired) electrons. The lowest BCUT2D eigenvalue weighted by molar-refractivity contribution is -0.0669. The molecule has 1 aliphatic heterocycles. The predicted molar refractivity (Wildman–Crippen MR) is 73.8 cm³/mol. The van der Waals surface area contributed by atoms with Crippen molar-refractivity contribution in [3.8, 4) is 11.5 Å². The SMILES string of the molecule is COc1cc(Br)c(C(=O)N2CC(C)(O)C2)cc1OC.